The van der Waals surface area contributed by atoms with Gasteiger partial charge >= 0.3 is 23.9 Å². The number of unbranched alkanes of at least 4 members (excludes halogenated alkanes) is 2. The number of carbonyl (C=O) groups excluding carboxylic acids is 5. The van der Waals surface area contributed by atoms with Gasteiger partial charge in [-0.15, -0.1) is 0 Å². The fraction of sp³-hybridized carbons (Fsp3) is 0.522. The van der Waals surface area contributed by atoms with E-state index in [2.05, 4.69) is 20.1 Å². The van der Waals surface area contributed by atoms with Gasteiger partial charge in [-0.25, -0.2) is 14.4 Å². The van der Waals surface area contributed by atoms with Crippen LogP contribution >= 0.6 is 0 Å². The number of primary amides is 1. The molecule has 0 saturated carbocycles. The van der Waals surface area contributed by atoms with Gasteiger partial charge in [0.25, 0.3) is 0 Å². The fourth-order valence-corrected chi connectivity index (χ4v) is 2.58. The van der Waals surface area contributed by atoms with Crippen molar-refractivity contribution in [2.45, 2.75) is 52.1 Å². The summed E-state index contributed by atoms with van der Waals surface area (Å²) in [6, 6.07) is 3.16. The van der Waals surface area contributed by atoms with Gasteiger partial charge in [0.1, 0.15) is 5.60 Å². The Morgan fingerprint density at radius 1 is 0.886 bits per heavy atom. The third-order valence-electron chi connectivity index (χ3n) is 4.03. The summed E-state index contributed by atoms with van der Waals surface area (Å²) < 4.78 is 14.2. The Morgan fingerprint density at radius 3 is 1.86 bits per heavy atom. The number of hydrogen-bond acceptors (Lipinski definition) is 9. The first-order valence-electron chi connectivity index (χ1n) is 10.9. The predicted molar refractivity (Wildman–Crippen MR) is 129 cm³/mol. The molecule has 0 heterocycles. The summed E-state index contributed by atoms with van der Waals surface area (Å²) in [5, 5.41) is 4.95. The van der Waals surface area contributed by atoms with E-state index in [-0.39, 0.29) is 35.2 Å². The number of anilines is 1. The molecule has 35 heavy (non-hydrogen) atoms. The standard InChI is InChI=1S/C12H24N2O3.C11H12N2O5/c1-12(2,3)17-11(16)7-5-4-6-8-14-10(15)9-13;1-17-9(14)6-3-7(10(15)18-2)5-8(4-6)13-11(12)16/h4-9,13H2,1-3H3,(H,14,15);3-5H,1-2H3,(H3,12,13,16). The molecule has 1 rings (SSSR count). The lowest BCUT2D eigenvalue weighted by Gasteiger charge is -2.19. The summed E-state index contributed by atoms with van der Waals surface area (Å²) in [6.45, 7) is 6.20. The molecule has 1 aromatic rings. The van der Waals surface area contributed by atoms with Crippen molar-refractivity contribution >= 4 is 35.5 Å². The van der Waals surface area contributed by atoms with Gasteiger partial charge < -0.3 is 36.3 Å². The van der Waals surface area contributed by atoms with Gasteiger partial charge in [-0.2, -0.15) is 0 Å². The van der Waals surface area contributed by atoms with Crippen LogP contribution in [0.3, 0.4) is 0 Å². The van der Waals surface area contributed by atoms with E-state index < -0.39 is 23.6 Å². The highest BCUT2D eigenvalue weighted by molar-refractivity contribution is 5.98. The Morgan fingerprint density at radius 2 is 1.43 bits per heavy atom. The van der Waals surface area contributed by atoms with Crippen LogP contribution in [-0.2, 0) is 23.8 Å². The number of methoxy groups -OCH3 is 2. The molecule has 12 heteroatoms. The number of rotatable bonds is 10. The molecular formula is C23H36N4O8. The lowest BCUT2D eigenvalue weighted by atomic mass is 10.1. The first kappa shape index (κ1) is 31.3. The van der Waals surface area contributed by atoms with Crippen LogP contribution in [0, 0.1) is 0 Å². The van der Waals surface area contributed by atoms with Crippen molar-refractivity contribution < 1.29 is 38.2 Å². The number of nitrogens with two attached hydrogens (primary N) is 2. The zero-order chi connectivity index (χ0) is 27.0. The topological polar surface area (TPSA) is 189 Å². The van der Waals surface area contributed by atoms with Crippen molar-refractivity contribution in [3.8, 4) is 0 Å². The number of esters is 3. The number of hydrogen-bond donors (Lipinski definition) is 4. The predicted octanol–water partition coefficient (Wildman–Crippen LogP) is 1.71. The van der Waals surface area contributed by atoms with E-state index in [1.54, 1.807) is 0 Å². The Hall–Kier alpha value is -3.67. The van der Waals surface area contributed by atoms with Gasteiger partial charge in [0.15, 0.2) is 0 Å². The van der Waals surface area contributed by atoms with Crippen molar-refractivity contribution in [2.24, 2.45) is 11.5 Å². The molecule has 1 aromatic carbocycles. The molecule has 0 aromatic heterocycles. The summed E-state index contributed by atoms with van der Waals surface area (Å²) in [5.41, 5.74) is 10.1. The Labute approximate surface area is 205 Å². The van der Waals surface area contributed by atoms with Gasteiger partial charge in [0, 0.05) is 18.7 Å². The molecule has 0 saturated heterocycles. The summed E-state index contributed by atoms with van der Waals surface area (Å²) in [5.74, 6) is -1.60. The van der Waals surface area contributed by atoms with E-state index in [1.165, 1.54) is 32.4 Å². The van der Waals surface area contributed by atoms with E-state index in [4.69, 9.17) is 16.2 Å². The lowest BCUT2D eigenvalue weighted by molar-refractivity contribution is -0.155. The molecule has 0 aliphatic carbocycles. The smallest absolute Gasteiger partial charge is 0.337 e. The average molecular weight is 497 g/mol. The normalized spacial score (nSPS) is 10.2. The average Bonchev–Trinajstić information content (AvgIpc) is 2.78. The zero-order valence-corrected chi connectivity index (χ0v) is 20.9. The van der Waals surface area contributed by atoms with Gasteiger partial charge in [-0.3, -0.25) is 9.59 Å². The Balaban J connectivity index is 0.000000662. The van der Waals surface area contributed by atoms with E-state index in [1.807, 2.05) is 20.8 Å². The molecule has 0 unspecified atom stereocenters. The summed E-state index contributed by atoms with van der Waals surface area (Å²) in [4.78, 5) is 55.7. The van der Waals surface area contributed by atoms with E-state index in [9.17, 15) is 24.0 Å². The van der Waals surface area contributed by atoms with Gasteiger partial charge in [0.05, 0.1) is 31.9 Å². The van der Waals surface area contributed by atoms with Crippen LogP contribution in [0.4, 0.5) is 10.5 Å². The van der Waals surface area contributed by atoms with Crippen LogP contribution in [0.5, 0.6) is 0 Å². The molecule has 0 aliphatic heterocycles. The maximum atomic E-state index is 11.4. The maximum Gasteiger partial charge on any atom is 0.337 e. The highest BCUT2D eigenvalue weighted by Crippen LogP contribution is 2.17. The largest absolute Gasteiger partial charge is 0.465 e. The minimum absolute atomic E-state index is 0.0257. The summed E-state index contributed by atoms with van der Waals surface area (Å²) in [6.07, 6.45) is 2.97. The Bertz CT molecular complexity index is 847. The second-order valence-corrected chi connectivity index (χ2v) is 8.22. The van der Waals surface area contributed by atoms with Crippen molar-refractivity contribution in [1.29, 1.82) is 0 Å². The molecule has 3 amide bonds. The zero-order valence-electron chi connectivity index (χ0n) is 20.9. The quantitative estimate of drug-likeness (QED) is 0.212. The molecule has 0 fully saturated rings. The van der Waals surface area contributed by atoms with Crippen LogP contribution in [0.1, 0.15) is 67.2 Å². The van der Waals surface area contributed by atoms with Crippen molar-refractivity contribution in [3.05, 3.63) is 29.3 Å². The molecular weight excluding hydrogens is 460 g/mol. The second kappa shape index (κ2) is 16.0. The van der Waals surface area contributed by atoms with Crippen LogP contribution in [-0.4, -0.2) is 62.8 Å². The molecule has 0 atom stereocenters. The fourth-order valence-electron chi connectivity index (χ4n) is 2.58. The molecule has 0 radical (unpaired) electrons. The molecule has 0 spiro atoms. The number of urea groups is 1. The molecule has 0 bridgehead atoms. The van der Waals surface area contributed by atoms with Crippen LogP contribution in [0.2, 0.25) is 0 Å². The summed E-state index contributed by atoms with van der Waals surface area (Å²) >= 11 is 0. The highest BCUT2D eigenvalue weighted by atomic mass is 16.6. The molecule has 196 valence electrons. The number of ether oxygens (including phenoxy) is 3. The summed E-state index contributed by atoms with van der Waals surface area (Å²) in [7, 11) is 2.41. The van der Waals surface area contributed by atoms with Gasteiger partial charge in [-0.1, -0.05) is 6.42 Å². The Kier molecular flexibility index (Phi) is 14.4. The number of carbonyl (C=O) groups is 5. The van der Waals surface area contributed by atoms with Crippen LogP contribution in [0.25, 0.3) is 0 Å². The number of nitrogens with one attached hydrogen (secondary N) is 2. The minimum Gasteiger partial charge on any atom is -0.465 e. The van der Waals surface area contributed by atoms with Crippen LogP contribution in [0.15, 0.2) is 18.2 Å². The van der Waals surface area contributed by atoms with Gasteiger partial charge in [0.2, 0.25) is 5.91 Å². The highest BCUT2D eigenvalue weighted by Gasteiger charge is 2.16. The molecule has 6 N–H and O–H groups in total. The van der Waals surface area contributed by atoms with E-state index >= 15 is 0 Å². The monoisotopic (exact) mass is 496 g/mol. The van der Waals surface area contributed by atoms with Crippen molar-refractivity contribution in [1.82, 2.24) is 5.32 Å². The van der Waals surface area contributed by atoms with Gasteiger partial charge in [-0.05, 0) is 51.8 Å². The number of amides is 3. The third kappa shape index (κ3) is 15.0. The second-order valence-electron chi connectivity index (χ2n) is 8.22. The lowest BCUT2D eigenvalue weighted by Crippen LogP contribution is -2.30. The minimum atomic E-state index is -0.812. The molecule has 12 nitrogen and oxygen atoms in total. The SMILES string of the molecule is CC(C)(C)OC(=O)CCCCCNC(=O)CN.COC(=O)c1cc(NC(N)=O)cc(C(=O)OC)c1. The maximum absolute atomic E-state index is 11.4. The van der Waals surface area contributed by atoms with Crippen molar-refractivity contribution in [3.63, 3.8) is 0 Å². The number of benzene rings is 1. The first-order valence-corrected chi connectivity index (χ1v) is 10.9. The van der Waals surface area contributed by atoms with Crippen molar-refractivity contribution in [2.75, 3.05) is 32.6 Å². The molecule has 0 aliphatic rings. The van der Waals surface area contributed by atoms with E-state index in [0.717, 1.165) is 19.3 Å². The van der Waals surface area contributed by atoms with Crippen LogP contribution < -0.4 is 22.1 Å². The third-order valence-corrected chi connectivity index (χ3v) is 4.03. The first-order chi connectivity index (χ1) is 16.3. The van der Waals surface area contributed by atoms with E-state index in [0.29, 0.717) is 13.0 Å².